The Bertz CT molecular complexity index is 1100. The van der Waals surface area contributed by atoms with Gasteiger partial charge in [-0.1, -0.05) is 41.9 Å². The molecule has 0 unspecified atom stereocenters. The quantitative estimate of drug-likeness (QED) is 0.377. The maximum atomic E-state index is 12.4. The second kappa shape index (κ2) is 8.69. The van der Waals surface area contributed by atoms with Gasteiger partial charge in [0.15, 0.2) is 5.75 Å². The van der Waals surface area contributed by atoms with Crippen LogP contribution in [-0.2, 0) is 10.1 Å². The zero-order valence-corrected chi connectivity index (χ0v) is 16.0. The average Bonchev–Trinajstić information content (AvgIpc) is 2.70. The fourth-order valence-corrected chi connectivity index (χ4v) is 3.34. The SMILES string of the molecule is O=C(N/N=C\c1ccccc1OS(=O)(=O)c1ccccc1)c1ccc(Cl)cc1. The Morgan fingerprint density at radius 1 is 0.929 bits per heavy atom. The molecule has 6 nitrogen and oxygen atoms in total. The minimum atomic E-state index is -3.99. The Morgan fingerprint density at radius 2 is 1.57 bits per heavy atom. The van der Waals surface area contributed by atoms with Gasteiger partial charge in [-0.3, -0.25) is 4.79 Å². The Balaban J connectivity index is 1.74. The average molecular weight is 415 g/mol. The van der Waals surface area contributed by atoms with Crippen molar-refractivity contribution in [3.63, 3.8) is 0 Å². The third-order valence-electron chi connectivity index (χ3n) is 3.63. The Hall–Kier alpha value is -3.16. The van der Waals surface area contributed by atoms with Crippen molar-refractivity contribution in [1.29, 1.82) is 0 Å². The van der Waals surface area contributed by atoms with E-state index in [9.17, 15) is 13.2 Å². The number of carbonyl (C=O) groups excluding carboxylic acids is 1. The first kappa shape index (κ1) is 19.6. The van der Waals surface area contributed by atoms with E-state index in [4.69, 9.17) is 15.8 Å². The largest absolute Gasteiger partial charge is 0.378 e. The van der Waals surface area contributed by atoms with E-state index in [0.717, 1.165) is 0 Å². The van der Waals surface area contributed by atoms with Crippen LogP contribution in [0.15, 0.2) is 88.9 Å². The molecule has 3 rings (SSSR count). The number of hydrogen-bond donors (Lipinski definition) is 1. The van der Waals surface area contributed by atoms with E-state index in [0.29, 0.717) is 16.1 Å². The van der Waals surface area contributed by atoms with Crippen molar-refractivity contribution in [2.75, 3.05) is 0 Å². The molecule has 0 aliphatic carbocycles. The highest BCUT2D eigenvalue weighted by molar-refractivity contribution is 7.87. The number of para-hydroxylation sites is 1. The van der Waals surface area contributed by atoms with E-state index >= 15 is 0 Å². The van der Waals surface area contributed by atoms with Gasteiger partial charge in [0.2, 0.25) is 0 Å². The minimum absolute atomic E-state index is 0.0396. The number of nitrogens with zero attached hydrogens (tertiary/aromatic N) is 1. The maximum absolute atomic E-state index is 12.4. The number of carbonyl (C=O) groups is 1. The summed E-state index contributed by atoms with van der Waals surface area (Å²) < 4.78 is 30.0. The van der Waals surface area contributed by atoms with Crippen molar-refractivity contribution in [3.05, 3.63) is 95.0 Å². The van der Waals surface area contributed by atoms with Crippen molar-refractivity contribution in [2.45, 2.75) is 4.90 Å². The molecule has 0 aliphatic rings. The molecule has 0 bridgehead atoms. The number of benzene rings is 3. The number of nitrogens with one attached hydrogen (secondary N) is 1. The van der Waals surface area contributed by atoms with Crippen LogP contribution in [0.3, 0.4) is 0 Å². The summed E-state index contributed by atoms with van der Waals surface area (Å²) in [5.74, 6) is -0.334. The molecule has 0 fully saturated rings. The summed E-state index contributed by atoms with van der Waals surface area (Å²) in [4.78, 5) is 12.1. The first-order chi connectivity index (χ1) is 13.5. The monoisotopic (exact) mass is 414 g/mol. The van der Waals surface area contributed by atoms with Gasteiger partial charge in [-0.15, -0.1) is 0 Å². The van der Waals surface area contributed by atoms with Gasteiger partial charge in [0.25, 0.3) is 5.91 Å². The number of halogens is 1. The van der Waals surface area contributed by atoms with Crippen LogP contribution in [-0.4, -0.2) is 20.5 Å². The van der Waals surface area contributed by atoms with Crippen LogP contribution in [0.4, 0.5) is 0 Å². The van der Waals surface area contributed by atoms with Crippen molar-refractivity contribution < 1.29 is 17.4 Å². The molecule has 0 aliphatic heterocycles. The first-order valence-electron chi connectivity index (χ1n) is 8.13. The molecule has 0 heterocycles. The summed E-state index contributed by atoms with van der Waals surface area (Å²) in [6.07, 6.45) is 1.31. The molecular weight excluding hydrogens is 400 g/mol. The topological polar surface area (TPSA) is 84.8 Å². The highest BCUT2D eigenvalue weighted by atomic mass is 35.5. The van der Waals surface area contributed by atoms with Crippen LogP contribution < -0.4 is 9.61 Å². The van der Waals surface area contributed by atoms with Crippen molar-refractivity contribution in [2.24, 2.45) is 5.10 Å². The lowest BCUT2D eigenvalue weighted by molar-refractivity contribution is 0.0955. The normalized spacial score (nSPS) is 11.3. The van der Waals surface area contributed by atoms with Crippen LogP contribution in [0.25, 0.3) is 0 Å². The number of hydrazone groups is 1. The molecule has 3 aromatic carbocycles. The van der Waals surface area contributed by atoms with Gasteiger partial charge in [0.05, 0.1) is 6.21 Å². The molecule has 0 atom stereocenters. The van der Waals surface area contributed by atoms with Gasteiger partial charge in [-0.2, -0.15) is 13.5 Å². The Kier molecular flexibility index (Phi) is 6.08. The van der Waals surface area contributed by atoms with Gasteiger partial charge in [-0.05, 0) is 48.5 Å². The predicted octanol–water partition coefficient (Wildman–Crippen LogP) is 3.87. The molecule has 8 heteroatoms. The van der Waals surface area contributed by atoms with E-state index in [1.165, 1.54) is 24.4 Å². The van der Waals surface area contributed by atoms with Gasteiger partial charge in [-0.25, -0.2) is 5.43 Å². The summed E-state index contributed by atoms with van der Waals surface area (Å²) in [7, 11) is -3.99. The molecule has 28 heavy (non-hydrogen) atoms. The Morgan fingerprint density at radius 3 is 2.29 bits per heavy atom. The van der Waals surface area contributed by atoms with E-state index < -0.39 is 16.0 Å². The van der Waals surface area contributed by atoms with E-state index in [2.05, 4.69) is 10.5 Å². The molecule has 0 radical (unpaired) electrons. The van der Waals surface area contributed by atoms with Crippen LogP contribution in [0.5, 0.6) is 5.75 Å². The van der Waals surface area contributed by atoms with E-state index in [-0.39, 0.29) is 10.6 Å². The molecule has 0 saturated carbocycles. The molecular formula is C20H15ClN2O4S. The van der Waals surface area contributed by atoms with Crippen LogP contribution >= 0.6 is 11.6 Å². The van der Waals surface area contributed by atoms with Crippen LogP contribution in [0, 0.1) is 0 Å². The van der Waals surface area contributed by atoms with Crippen LogP contribution in [0.2, 0.25) is 5.02 Å². The predicted molar refractivity (Wildman–Crippen MR) is 107 cm³/mol. The molecule has 142 valence electrons. The zero-order valence-electron chi connectivity index (χ0n) is 14.4. The van der Waals surface area contributed by atoms with Crippen molar-refractivity contribution >= 4 is 33.8 Å². The highest BCUT2D eigenvalue weighted by Gasteiger charge is 2.17. The third kappa shape index (κ3) is 4.97. The summed E-state index contributed by atoms with van der Waals surface area (Å²) >= 11 is 5.79. The molecule has 0 aromatic heterocycles. The standard InChI is InChI=1S/C20H15ClN2O4S/c21-17-12-10-15(11-13-17)20(24)23-22-14-16-6-4-5-9-19(16)27-28(25,26)18-7-2-1-3-8-18/h1-14H,(H,23,24)/b22-14-. The second-order valence-corrected chi connectivity index (χ2v) is 7.58. The molecule has 3 aromatic rings. The van der Waals surface area contributed by atoms with E-state index in [1.807, 2.05) is 0 Å². The van der Waals surface area contributed by atoms with Gasteiger partial charge in [0, 0.05) is 16.1 Å². The fourth-order valence-electron chi connectivity index (χ4n) is 2.24. The molecule has 1 N–H and O–H groups in total. The van der Waals surface area contributed by atoms with Crippen molar-refractivity contribution in [1.82, 2.24) is 5.43 Å². The third-order valence-corrected chi connectivity index (χ3v) is 5.13. The van der Waals surface area contributed by atoms with Gasteiger partial charge in [0.1, 0.15) is 4.90 Å². The lowest BCUT2D eigenvalue weighted by Gasteiger charge is -2.09. The van der Waals surface area contributed by atoms with Crippen molar-refractivity contribution in [3.8, 4) is 5.75 Å². The minimum Gasteiger partial charge on any atom is -0.378 e. The smallest absolute Gasteiger partial charge is 0.339 e. The number of amides is 1. The highest BCUT2D eigenvalue weighted by Crippen LogP contribution is 2.21. The van der Waals surface area contributed by atoms with Gasteiger partial charge < -0.3 is 4.18 Å². The van der Waals surface area contributed by atoms with E-state index in [1.54, 1.807) is 60.7 Å². The van der Waals surface area contributed by atoms with Crippen LogP contribution in [0.1, 0.15) is 15.9 Å². The summed E-state index contributed by atoms with van der Waals surface area (Å²) in [5, 5.41) is 4.39. The first-order valence-corrected chi connectivity index (χ1v) is 9.92. The lowest BCUT2D eigenvalue weighted by atomic mass is 10.2. The fraction of sp³-hybridized carbons (Fsp3) is 0. The maximum Gasteiger partial charge on any atom is 0.339 e. The molecule has 0 saturated heterocycles. The number of hydrogen-bond acceptors (Lipinski definition) is 5. The zero-order chi connectivity index (χ0) is 20.0. The molecule has 1 amide bonds. The second-order valence-electron chi connectivity index (χ2n) is 5.59. The van der Waals surface area contributed by atoms with Gasteiger partial charge >= 0.3 is 10.1 Å². The number of rotatable bonds is 6. The summed E-state index contributed by atoms with van der Waals surface area (Å²) in [6.45, 7) is 0. The summed E-state index contributed by atoms with van der Waals surface area (Å²) in [5.41, 5.74) is 3.15. The summed E-state index contributed by atoms with van der Waals surface area (Å²) in [6, 6.07) is 20.6. The molecule has 0 spiro atoms. The lowest BCUT2D eigenvalue weighted by Crippen LogP contribution is -2.17. The Labute approximate surface area is 167 Å².